The first kappa shape index (κ1) is 14.0. The zero-order valence-corrected chi connectivity index (χ0v) is 11.1. The number of nitrogens with two attached hydrogens (primary N) is 1. The van der Waals surface area contributed by atoms with Gasteiger partial charge in [0, 0.05) is 10.6 Å². The molecule has 0 radical (unpaired) electrons. The third kappa shape index (κ3) is 4.02. The summed E-state index contributed by atoms with van der Waals surface area (Å²) in [5.74, 6) is -0.405. The average Bonchev–Trinajstić information content (AvgIpc) is 2.25. The van der Waals surface area contributed by atoms with Crippen LogP contribution in [0.1, 0.15) is 26.3 Å². The summed E-state index contributed by atoms with van der Waals surface area (Å²) >= 11 is 5.95. The molecule has 0 spiro atoms. The summed E-state index contributed by atoms with van der Waals surface area (Å²) in [5, 5.41) is 0.588. The molecule has 0 aliphatic carbocycles. The van der Waals surface area contributed by atoms with E-state index in [4.69, 9.17) is 22.1 Å². The van der Waals surface area contributed by atoms with Gasteiger partial charge in [0.15, 0.2) is 0 Å². The average molecular weight is 256 g/mol. The van der Waals surface area contributed by atoms with Gasteiger partial charge < -0.3 is 10.5 Å². The number of carbonyl (C=O) groups excluding carboxylic acids is 1. The molecule has 0 heterocycles. The summed E-state index contributed by atoms with van der Waals surface area (Å²) in [7, 11) is 0. The van der Waals surface area contributed by atoms with E-state index in [0.717, 1.165) is 5.56 Å². The molecule has 0 aliphatic rings. The Balaban J connectivity index is 2.58. The first-order chi connectivity index (χ1) is 7.82. The molecule has 4 heteroatoms. The number of hydrogen-bond acceptors (Lipinski definition) is 3. The summed E-state index contributed by atoms with van der Waals surface area (Å²) in [4.78, 5) is 11.7. The molecule has 1 rings (SSSR count). The van der Waals surface area contributed by atoms with Crippen molar-refractivity contribution in [2.75, 3.05) is 0 Å². The topological polar surface area (TPSA) is 52.3 Å². The molecule has 17 heavy (non-hydrogen) atoms. The number of esters is 1. The van der Waals surface area contributed by atoms with E-state index < -0.39 is 12.0 Å². The Morgan fingerprint density at radius 1 is 1.41 bits per heavy atom. The van der Waals surface area contributed by atoms with Crippen molar-refractivity contribution in [3.63, 3.8) is 0 Å². The Morgan fingerprint density at radius 2 is 2.00 bits per heavy atom. The fourth-order valence-corrected chi connectivity index (χ4v) is 1.40. The van der Waals surface area contributed by atoms with E-state index in [9.17, 15) is 4.79 Å². The van der Waals surface area contributed by atoms with Crippen LogP contribution in [0.25, 0.3) is 0 Å². The fraction of sp³-hybridized carbons (Fsp3) is 0.462. The number of halogens is 1. The SMILES string of the molecule is CC(C)(C)[C@H](N)C(=O)OCc1ccccc1Cl. The quantitative estimate of drug-likeness (QED) is 0.845. The standard InChI is InChI=1S/C13H18ClNO2/c1-13(2,3)11(15)12(16)17-8-9-6-4-5-7-10(9)14/h4-7,11H,8,15H2,1-3H3/t11-/m1/s1. The third-order valence-corrected chi connectivity index (χ3v) is 2.88. The van der Waals surface area contributed by atoms with Crippen LogP contribution in [-0.4, -0.2) is 12.0 Å². The Morgan fingerprint density at radius 3 is 2.53 bits per heavy atom. The summed E-state index contributed by atoms with van der Waals surface area (Å²) in [6.45, 7) is 5.85. The van der Waals surface area contributed by atoms with Crippen molar-refractivity contribution in [3.8, 4) is 0 Å². The highest BCUT2D eigenvalue weighted by Crippen LogP contribution is 2.20. The van der Waals surface area contributed by atoms with E-state index in [1.165, 1.54) is 0 Å². The second kappa shape index (κ2) is 5.52. The Labute approximate surface area is 107 Å². The first-order valence-electron chi connectivity index (χ1n) is 5.48. The molecule has 1 aromatic carbocycles. The second-order valence-electron chi connectivity index (χ2n) is 5.04. The molecule has 0 unspecified atom stereocenters. The van der Waals surface area contributed by atoms with Crippen molar-refractivity contribution in [2.24, 2.45) is 11.1 Å². The lowest BCUT2D eigenvalue weighted by Gasteiger charge is -2.25. The predicted octanol–water partition coefficient (Wildman–Crippen LogP) is 2.76. The zero-order valence-electron chi connectivity index (χ0n) is 10.4. The lowest BCUT2D eigenvalue weighted by atomic mass is 9.87. The second-order valence-corrected chi connectivity index (χ2v) is 5.45. The van der Waals surface area contributed by atoms with Gasteiger partial charge in [0.2, 0.25) is 0 Å². The van der Waals surface area contributed by atoms with Crippen LogP contribution in [0.2, 0.25) is 5.02 Å². The molecule has 0 aliphatic heterocycles. The number of hydrogen-bond donors (Lipinski definition) is 1. The maximum atomic E-state index is 11.7. The van der Waals surface area contributed by atoms with E-state index in [0.29, 0.717) is 5.02 Å². The van der Waals surface area contributed by atoms with Crippen LogP contribution in [0.5, 0.6) is 0 Å². The lowest BCUT2D eigenvalue weighted by Crippen LogP contribution is -2.43. The molecule has 0 aromatic heterocycles. The minimum atomic E-state index is -0.634. The van der Waals surface area contributed by atoms with Gasteiger partial charge in [-0.05, 0) is 11.5 Å². The Bertz CT molecular complexity index is 399. The van der Waals surface area contributed by atoms with Crippen molar-refractivity contribution in [1.29, 1.82) is 0 Å². The summed E-state index contributed by atoms with van der Waals surface area (Å²) in [6.07, 6.45) is 0. The van der Waals surface area contributed by atoms with Crippen LogP contribution in [-0.2, 0) is 16.1 Å². The number of benzene rings is 1. The normalized spacial score (nSPS) is 13.2. The minimum absolute atomic E-state index is 0.155. The van der Waals surface area contributed by atoms with Gasteiger partial charge in [-0.15, -0.1) is 0 Å². The van der Waals surface area contributed by atoms with Crippen LogP contribution in [0, 0.1) is 5.41 Å². The summed E-state index contributed by atoms with van der Waals surface area (Å²) < 4.78 is 5.15. The predicted molar refractivity (Wildman–Crippen MR) is 68.7 cm³/mol. The van der Waals surface area contributed by atoms with Gasteiger partial charge in [-0.2, -0.15) is 0 Å². The maximum Gasteiger partial charge on any atom is 0.323 e. The van der Waals surface area contributed by atoms with Gasteiger partial charge in [0.1, 0.15) is 12.6 Å². The van der Waals surface area contributed by atoms with E-state index in [2.05, 4.69) is 0 Å². The smallest absolute Gasteiger partial charge is 0.323 e. The molecule has 0 fully saturated rings. The zero-order chi connectivity index (χ0) is 13.1. The minimum Gasteiger partial charge on any atom is -0.460 e. The van der Waals surface area contributed by atoms with Crippen LogP contribution < -0.4 is 5.73 Å². The first-order valence-corrected chi connectivity index (χ1v) is 5.86. The highest BCUT2D eigenvalue weighted by atomic mass is 35.5. The highest BCUT2D eigenvalue weighted by Gasteiger charge is 2.28. The van der Waals surface area contributed by atoms with Crippen molar-refractivity contribution in [3.05, 3.63) is 34.9 Å². The molecule has 0 saturated heterocycles. The number of rotatable bonds is 3. The van der Waals surface area contributed by atoms with Crippen LogP contribution in [0.4, 0.5) is 0 Å². The van der Waals surface area contributed by atoms with Gasteiger partial charge in [-0.1, -0.05) is 50.6 Å². The van der Waals surface area contributed by atoms with Crippen LogP contribution in [0.3, 0.4) is 0 Å². The lowest BCUT2D eigenvalue weighted by molar-refractivity contribution is -0.149. The molecule has 3 nitrogen and oxygen atoms in total. The molecule has 2 N–H and O–H groups in total. The largest absolute Gasteiger partial charge is 0.460 e. The highest BCUT2D eigenvalue weighted by molar-refractivity contribution is 6.31. The van der Waals surface area contributed by atoms with E-state index in [1.807, 2.05) is 39.0 Å². The van der Waals surface area contributed by atoms with E-state index >= 15 is 0 Å². The molecule has 0 bridgehead atoms. The van der Waals surface area contributed by atoms with Gasteiger partial charge in [-0.25, -0.2) is 0 Å². The molecule has 94 valence electrons. The Hall–Kier alpha value is -1.06. The molecule has 1 atom stereocenters. The van der Waals surface area contributed by atoms with Gasteiger partial charge in [-0.3, -0.25) is 4.79 Å². The van der Waals surface area contributed by atoms with Crippen molar-refractivity contribution < 1.29 is 9.53 Å². The van der Waals surface area contributed by atoms with E-state index in [1.54, 1.807) is 6.07 Å². The molecule has 1 aromatic rings. The molecular formula is C13H18ClNO2. The molecule has 0 amide bonds. The fourth-order valence-electron chi connectivity index (χ4n) is 1.21. The van der Waals surface area contributed by atoms with E-state index in [-0.39, 0.29) is 12.0 Å². The van der Waals surface area contributed by atoms with Crippen LogP contribution >= 0.6 is 11.6 Å². The van der Waals surface area contributed by atoms with Crippen LogP contribution in [0.15, 0.2) is 24.3 Å². The number of carbonyl (C=O) groups is 1. The molecule has 0 saturated carbocycles. The monoisotopic (exact) mass is 255 g/mol. The van der Waals surface area contributed by atoms with Crippen molar-refractivity contribution >= 4 is 17.6 Å². The van der Waals surface area contributed by atoms with Gasteiger partial charge in [0.05, 0.1) is 0 Å². The molecular weight excluding hydrogens is 238 g/mol. The number of ether oxygens (including phenoxy) is 1. The van der Waals surface area contributed by atoms with Crippen molar-refractivity contribution in [2.45, 2.75) is 33.4 Å². The Kier molecular flexibility index (Phi) is 4.54. The summed E-state index contributed by atoms with van der Waals surface area (Å²) in [5.41, 5.74) is 6.26. The van der Waals surface area contributed by atoms with Gasteiger partial charge in [0.25, 0.3) is 0 Å². The maximum absolute atomic E-state index is 11.7. The van der Waals surface area contributed by atoms with Gasteiger partial charge >= 0.3 is 5.97 Å². The third-order valence-electron chi connectivity index (χ3n) is 2.51. The summed E-state index contributed by atoms with van der Waals surface area (Å²) in [6, 6.07) is 6.62. The van der Waals surface area contributed by atoms with Crippen molar-refractivity contribution in [1.82, 2.24) is 0 Å².